The first-order valence-corrected chi connectivity index (χ1v) is 6.30. The van der Waals surface area contributed by atoms with Crippen molar-refractivity contribution in [1.82, 2.24) is 0 Å². The molecule has 1 aliphatic rings. The minimum absolute atomic E-state index is 0.0197. The lowest BCUT2D eigenvalue weighted by Gasteiger charge is -2.05. The Labute approximate surface area is 126 Å². The van der Waals surface area contributed by atoms with Crippen LogP contribution in [0.5, 0.6) is 0 Å². The molecule has 1 aromatic carbocycles. The van der Waals surface area contributed by atoms with Crippen molar-refractivity contribution < 1.29 is 32.6 Å². The first-order valence-electron chi connectivity index (χ1n) is 6.30. The van der Waals surface area contributed by atoms with Gasteiger partial charge in [-0.1, -0.05) is 36.4 Å². The van der Waals surface area contributed by atoms with Crippen LogP contribution >= 0.6 is 0 Å². The lowest BCUT2D eigenvalue weighted by atomic mass is 10.3. The van der Waals surface area contributed by atoms with E-state index in [0.717, 1.165) is 0 Å². The van der Waals surface area contributed by atoms with Gasteiger partial charge in [0.2, 0.25) is 0 Å². The van der Waals surface area contributed by atoms with Crippen molar-refractivity contribution in [2.45, 2.75) is 25.6 Å². The number of hydrogen-bond donors (Lipinski definition) is 1. The molecule has 122 valence electrons. The van der Waals surface area contributed by atoms with Gasteiger partial charge in [-0.2, -0.15) is 13.2 Å². The van der Waals surface area contributed by atoms with Gasteiger partial charge in [-0.05, 0) is 12.2 Å². The summed E-state index contributed by atoms with van der Waals surface area (Å²) in [5.74, 6) is -0.324. The van der Waals surface area contributed by atoms with E-state index in [4.69, 9.17) is 9.84 Å². The number of hydrogen-bond acceptors (Lipinski definition) is 4. The molecule has 0 fully saturated rings. The standard InChI is InChI=1S/C7H8O3.C6H6.C2H3F3O/c1-5(8)10-7-3-2-6(9)4-7;1-2-4-6-5-3-1;3-2(4,5)1-6/h2-3,7H,4H2,1H3;1-6H;6H,1H2. The van der Waals surface area contributed by atoms with Gasteiger partial charge in [0, 0.05) is 6.92 Å². The second-order valence-electron chi connectivity index (χ2n) is 4.11. The summed E-state index contributed by atoms with van der Waals surface area (Å²) < 4.78 is 36.3. The largest absolute Gasteiger partial charge is 0.458 e. The zero-order valence-electron chi connectivity index (χ0n) is 11.9. The molecule has 4 nitrogen and oxygen atoms in total. The lowest BCUT2D eigenvalue weighted by molar-refractivity contribution is -0.159. The maximum absolute atomic E-state index is 10.6. The number of benzene rings is 1. The Balaban J connectivity index is 0.000000319. The van der Waals surface area contributed by atoms with Crippen LogP contribution in [-0.4, -0.2) is 35.7 Å². The van der Waals surface area contributed by atoms with E-state index < -0.39 is 12.8 Å². The molecule has 1 N–H and O–H groups in total. The fourth-order valence-corrected chi connectivity index (χ4v) is 1.23. The molecule has 0 spiro atoms. The molecule has 0 radical (unpaired) electrons. The predicted octanol–water partition coefficient (Wildman–Crippen LogP) is 2.67. The van der Waals surface area contributed by atoms with Gasteiger partial charge in [0.1, 0.15) is 12.7 Å². The molecular weight excluding hydrogens is 301 g/mol. The highest BCUT2D eigenvalue weighted by atomic mass is 19.4. The molecule has 22 heavy (non-hydrogen) atoms. The van der Waals surface area contributed by atoms with E-state index in [2.05, 4.69) is 0 Å². The number of carbonyl (C=O) groups excluding carboxylic acids is 2. The summed E-state index contributed by atoms with van der Waals surface area (Å²) in [6.45, 7) is -0.399. The summed E-state index contributed by atoms with van der Waals surface area (Å²) in [5, 5.41) is 7.28. The molecule has 0 aliphatic heterocycles. The highest BCUT2D eigenvalue weighted by Gasteiger charge is 2.24. The molecule has 1 aliphatic carbocycles. The summed E-state index contributed by atoms with van der Waals surface area (Å²) in [7, 11) is 0. The normalized spacial score (nSPS) is 16.0. The van der Waals surface area contributed by atoms with Crippen molar-refractivity contribution in [2.24, 2.45) is 0 Å². The van der Waals surface area contributed by atoms with E-state index >= 15 is 0 Å². The number of aliphatic hydroxyl groups excluding tert-OH is 1. The molecule has 0 aromatic heterocycles. The van der Waals surface area contributed by atoms with E-state index in [-0.39, 0.29) is 17.9 Å². The van der Waals surface area contributed by atoms with Gasteiger partial charge in [0.05, 0.1) is 6.42 Å². The molecule has 2 rings (SSSR count). The van der Waals surface area contributed by atoms with Gasteiger partial charge >= 0.3 is 12.1 Å². The summed E-state index contributed by atoms with van der Waals surface area (Å²) in [6.07, 6.45) is -1.37. The predicted molar refractivity (Wildman–Crippen MR) is 73.9 cm³/mol. The van der Waals surface area contributed by atoms with Gasteiger partial charge in [-0.15, -0.1) is 0 Å². The van der Waals surface area contributed by atoms with Crippen LogP contribution in [0.1, 0.15) is 13.3 Å². The van der Waals surface area contributed by atoms with Gasteiger partial charge in [0.25, 0.3) is 0 Å². The topological polar surface area (TPSA) is 63.6 Å². The number of halogens is 3. The number of allylic oxidation sites excluding steroid dienone is 1. The van der Waals surface area contributed by atoms with Crippen LogP contribution in [0.2, 0.25) is 0 Å². The monoisotopic (exact) mass is 318 g/mol. The smallest absolute Gasteiger partial charge is 0.411 e. The average Bonchev–Trinajstić information content (AvgIpc) is 2.86. The molecule has 0 saturated heterocycles. The number of rotatable bonds is 1. The highest BCUT2D eigenvalue weighted by Crippen LogP contribution is 2.11. The zero-order chi connectivity index (χ0) is 17.0. The van der Waals surface area contributed by atoms with Crippen LogP contribution in [0.15, 0.2) is 48.6 Å². The molecule has 1 unspecified atom stereocenters. The third-order valence-electron chi connectivity index (χ3n) is 2.06. The van der Waals surface area contributed by atoms with E-state index in [1.54, 1.807) is 6.08 Å². The van der Waals surface area contributed by atoms with E-state index in [9.17, 15) is 22.8 Å². The fourth-order valence-electron chi connectivity index (χ4n) is 1.23. The number of alkyl halides is 3. The van der Waals surface area contributed by atoms with Crippen molar-refractivity contribution in [3.05, 3.63) is 48.6 Å². The number of carbonyl (C=O) groups is 2. The Bertz CT molecular complexity index is 443. The van der Waals surface area contributed by atoms with E-state index in [0.29, 0.717) is 6.42 Å². The van der Waals surface area contributed by atoms with Crippen LogP contribution in [0.3, 0.4) is 0 Å². The van der Waals surface area contributed by atoms with Gasteiger partial charge in [0.15, 0.2) is 5.78 Å². The molecule has 1 atom stereocenters. The zero-order valence-corrected chi connectivity index (χ0v) is 11.9. The summed E-state index contributed by atoms with van der Waals surface area (Å²) >= 11 is 0. The SMILES string of the molecule is CC(=O)OC1C=CC(=O)C1.OCC(F)(F)F.c1ccccc1. The molecule has 7 heteroatoms. The number of ether oxygens (including phenoxy) is 1. The lowest BCUT2D eigenvalue weighted by Crippen LogP contribution is -2.12. The van der Waals surface area contributed by atoms with Crippen molar-refractivity contribution >= 4 is 11.8 Å². The first kappa shape index (κ1) is 19.9. The van der Waals surface area contributed by atoms with Crippen molar-refractivity contribution in [1.29, 1.82) is 0 Å². The average molecular weight is 318 g/mol. The summed E-state index contributed by atoms with van der Waals surface area (Å²) in [4.78, 5) is 20.9. The van der Waals surface area contributed by atoms with Gasteiger partial charge < -0.3 is 9.84 Å². The third kappa shape index (κ3) is 12.9. The Hall–Kier alpha value is -2.15. The van der Waals surface area contributed by atoms with Crippen molar-refractivity contribution in [3.8, 4) is 0 Å². The Morgan fingerprint density at radius 2 is 1.64 bits per heavy atom. The number of ketones is 1. The fraction of sp³-hybridized carbons (Fsp3) is 0.333. The van der Waals surface area contributed by atoms with Crippen LogP contribution < -0.4 is 0 Å². The molecular formula is C15H17F3O4. The molecule has 0 heterocycles. The Kier molecular flexibility index (Phi) is 9.53. The van der Waals surface area contributed by atoms with Gasteiger partial charge in [-0.25, -0.2) is 0 Å². The molecule has 0 saturated carbocycles. The van der Waals surface area contributed by atoms with Gasteiger partial charge in [-0.3, -0.25) is 9.59 Å². The van der Waals surface area contributed by atoms with Crippen molar-refractivity contribution in [3.63, 3.8) is 0 Å². The highest BCUT2D eigenvalue weighted by molar-refractivity contribution is 5.93. The molecule has 0 bridgehead atoms. The maximum Gasteiger partial charge on any atom is 0.411 e. The molecule has 1 aromatic rings. The summed E-state index contributed by atoms with van der Waals surface area (Å²) in [5.41, 5.74) is 0. The van der Waals surface area contributed by atoms with Crippen LogP contribution in [0.4, 0.5) is 13.2 Å². The number of aliphatic hydroxyl groups is 1. The van der Waals surface area contributed by atoms with Crippen molar-refractivity contribution in [2.75, 3.05) is 6.61 Å². The molecule has 0 amide bonds. The second-order valence-corrected chi connectivity index (χ2v) is 4.11. The third-order valence-corrected chi connectivity index (χ3v) is 2.06. The first-order chi connectivity index (χ1) is 10.2. The summed E-state index contributed by atoms with van der Waals surface area (Å²) in [6, 6.07) is 12.0. The maximum atomic E-state index is 10.6. The minimum atomic E-state index is -4.40. The van der Waals surface area contributed by atoms with Crippen LogP contribution in [0.25, 0.3) is 0 Å². The Morgan fingerprint density at radius 1 is 1.23 bits per heavy atom. The Morgan fingerprint density at radius 3 is 1.86 bits per heavy atom. The van der Waals surface area contributed by atoms with Crippen LogP contribution in [0, 0.1) is 0 Å². The quantitative estimate of drug-likeness (QED) is 0.809. The second kappa shape index (κ2) is 10.6. The minimum Gasteiger partial charge on any atom is -0.458 e. The van der Waals surface area contributed by atoms with E-state index in [1.165, 1.54) is 13.0 Å². The van der Waals surface area contributed by atoms with Crippen LogP contribution in [-0.2, 0) is 14.3 Å². The number of esters is 1. The van der Waals surface area contributed by atoms with E-state index in [1.807, 2.05) is 36.4 Å².